The molecule has 0 unspecified atom stereocenters. The highest BCUT2D eigenvalue weighted by atomic mass is 32.1. The Morgan fingerprint density at radius 1 is 1.33 bits per heavy atom. The molecule has 2 heterocycles. The highest BCUT2D eigenvalue weighted by molar-refractivity contribution is 7.18. The minimum Gasteiger partial charge on any atom is -0.459 e. The number of thiophene rings is 1. The molecule has 0 bridgehead atoms. The number of rotatable bonds is 9. The van der Waals surface area contributed by atoms with Gasteiger partial charge in [0.25, 0.3) is 5.91 Å². The van der Waals surface area contributed by atoms with Gasteiger partial charge in [0.2, 0.25) is 5.91 Å². The van der Waals surface area contributed by atoms with Gasteiger partial charge in [0.05, 0.1) is 29.3 Å². The van der Waals surface area contributed by atoms with E-state index in [1.807, 2.05) is 30.5 Å². The summed E-state index contributed by atoms with van der Waals surface area (Å²) in [5, 5.41) is 7.31. The fourth-order valence-corrected chi connectivity index (χ4v) is 4.14. The predicted octanol–water partition coefficient (Wildman–Crippen LogP) is 2.32. The maximum atomic E-state index is 12.6. The van der Waals surface area contributed by atoms with Gasteiger partial charge in [-0.05, 0) is 47.2 Å². The van der Waals surface area contributed by atoms with Gasteiger partial charge in [-0.3, -0.25) is 19.2 Å². The van der Waals surface area contributed by atoms with Gasteiger partial charge in [0.1, 0.15) is 5.00 Å². The van der Waals surface area contributed by atoms with Crippen LogP contribution in [0.5, 0.6) is 0 Å². The molecule has 10 heteroatoms. The summed E-state index contributed by atoms with van der Waals surface area (Å²) in [4.78, 5) is 38.9. The summed E-state index contributed by atoms with van der Waals surface area (Å²) in [5.74, 6) is -1.57. The van der Waals surface area contributed by atoms with Gasteiger partial charge in [0, 0.05) is 24.3 Å². The van der Waals surface area contributed by atoms with E-state index in [1.54, 1.807) is 27.0 Å². The van der Waals surface area contributed by atoms with Crippen molar-refractivity contribution >= 4 is 34.1 Å². The van der Waals surface area contributed by atoms with E-state index in [0.29, 0.717) is 12.1 Å². The van der Waals surface area contributed by atoms with Crippen LogP contribution in [0.3, 0.4) is 0 Å². The number of esters is 1. The summed E-state index contributed by atoms with van der Waals surface area (Å²) in [6.45, 7) is 10.5. The lowest BCUT2D eigenvalue weighted by molar-refractivity contribution is -0.117. The van der Waals surface area contributed by atoms with Gasteiger partial charge in [-0.25, -0.2) is 4.79 Å². The lowest BCUT2D eigenvalue weighted by Gasteiger charge is -2.16. The van der Waals surface area contributed by atoms with Crippen LogP contribution in [-0.2, 0) is 22.6 Å². The number of amides is 2. The number of carbonyl (C=O) groups is 3. The maximum absolute atomic E-state index is 12.6. The number of aromatic nitrogens is 2. The number of nitrogens with one attached hydrogen (secondary N) is 1. The highest BCUT2D eigenvalue weighted by Gasteiger charge is 2.26. The monoisotopic (exact) mass is 435 g/mol. The number of aryl methyl sites for hydroxylation is 1. The van der Waals surface area contributed by atoms with Crippen LogP contribution in [0.15, 0.2) is 6.20 Å². The van der Waals surface area contributed by atoms with Crippen LogP contribution in [0.1, 0.15) is 57.6 Å². The number of carbonyl (C=O) groups excluding carboxylic acids is 3. The maximum Gasteiger partial charge on any atom is 0.341 e. The highest BCUT2D eigenvalue weighted by Crippen LogP contribution is 2.33. The predicted molar refractivity (Wildman–Crippen MR) is 116 cm³/mol. The van der Waals surface area contributed by atoms with Crippen molar-refractivity contribution in [2.45, 2.75) is 53.8 Å². The first-order valence-electron chi connectivity index (χ1n) is 9.68. The van der Waals surface area contributed by atoms with E-state index in [-0.39, 0.29) is 34.0 Å². The van der Waals surface area contributed by atoms with E-state index in [0.717, 1.165) is 29.1 Å². The molecule has 164 valence electrons. The standard InChI is InChI=1S/C20H29N5O4S/c1-7-25-13(5)14(8-22-25)9-24(6)10-15(26)23-19-16(20(28)29-11(2)3)12(4)17(30-19)18(21)27/h8,11H,7,9-10H2,1-6H3,(H2,21,27)(H,23,26). The number of nitrogens with zero attached hydrogens (tertiary/aromatic N) is 3. The molecular formula is C20H29N5O4S. The van der Waals surface area contributed by atoms with E-state index in [9.17, 15) is 14.4 Å². The summed E-state index contributed by atoms with van der Waals surface area (Å²) in [6.07, 6.45) is 1.46. The zero-order valence-electron chi connectivity index (χ0n) is 18.2. The molecule has 2 aromatic rings. The van der Waals surface area contributed by atoms with E-state index in [1.165, 1.54) is 0 Å². The first kappa shape index (κ1) is 23.6. The lowest BCUT2D eigenvalue weighted by Crippen LogP contribution is -2.30. The third kappa shape index (κ3) is 5.45. The van der Waals surface area contributed by atoms with Crippen LogP contribution in [-0.4, -0.2) is 52.2 Å². The van der Waals surface area contributed by atoms with Crippen molar-refractivity contribution in [2.75, 3.05) is 18.9 Å². The quantitative estimate of drug-likeness (QED) is 0.583. The largest absolute Gasteiger partial charge is 0.459 e. The van der Waals surface area contributed by atoms with Crippen molar-refractivity contribution < 1.29 is 19.1 Å². The van der Waals surface area contributed by atoms with Crippen LogP contribution in [0, 0.1) is 13.8 Å². The Bertz CT molecular complexity index is 947. The fraction of sp³-hybridized carbons (Fsp3) is 0.500. The number of hydrogen-bond donors (Lipinski definition) is 2. The van der Waals surface area contributed by atoms with Gasteiger partial charge in [-0.2, -0.15) is 5.10 Å². The lowest BCUT2D eigenvalue weighted by atomic mass is 10.1. The topological polar surface area (TPSA) is 120 Å². The van der Waals surface area contributed by atoms with Gasteiger partial charge in [0.15, 0.2) is 0 Å². The molecule has 0 radical (unpaired) electrons. The first-order chi connectivity index (χ1) is 14.0. The molecule has 0 saturated carbocycles. The summed E-state index contributed by atoms with van der Waals surface area (Å²) in [7, 11) is 1.82. The summed E-state index contributed by atoms with van der Waals surface area (Å²) >= 11 is 0.979. The SMILES string of the molecule is CCn1ncc(CN(C)CC(=O)Nc2sc(C(N)=O)c(C)c2C(=O)OC(C)C)c1C. The molecule has 0 atom stereocenters. The van der Waals surface area contributed by atoms with Crippen LogP contribution in [0.25, 0.3) is 0 Å². The molecule has 9 nitrogen and oxygen atoms in total. The minimum absolute atomic E-state index is 0.0955. The molecule has 2 aromatic heterocycles. The van der Waals surface area contributed by atoms with E-state index < -0.39 is 11.9 Å². The summed E-state index contributed by atoms with van der Waals surface area (Å²) in [5.41, 5.74) is 8.08. The Labute approximate surface area is 180 Å². The molecule has 0 aromatic carbocycles. The van der Waals surface area contributed by atoms with Crippen LogP contribution < -0.4 is 11.1 Å². The molecule has 2 rings (SSSR count). The molecule has 3 N–H and O–H groups in total. The van der Waals surface area contributed by atoms with Crippen LogP contribution >= 0.6 is 11.3 Å². The molecule has 2 amide bonds. The number of ether oxygens (including phenoxy) is 1. The van der Waals surface area contributed by atoms with Crippen molar-refractivity contribution in [3.05, 3.63) is 33.5 Å². The molecule has 0 aliphatic heterocycles. The van der Waals surface area contributed by atoms with Gasteiger partial charge in [-0.1, -0.05) is 0 Å². The minimum atomic E-state index is -0.655. The Morgan fingerprint density at radius 3 is 2.53 bits per heavy atom. The number of likely N-dealkylation sites (N-methyl/N-ethyl adjacent to an activating group) is 1. The third-order valence-corrected chi connectivity index (χ3v) is 5.75. The first-order valence-corrected chi connectivity index (χ1v) is 10.5. The number of hydrogen-bond acceptors (Lipinski definition) is 7. The van der Waals surface area contributed by atoms with Gasteiger partial charge < -0.3 is 15.8 Å². The van der Waals surface area contributed by atoms with Crippen LogP contribution in [0.4, 0.5) is 5.00 Å². The number of nitrogens with two attached hydrogens (primary N) is 1. The van der Waals surface area contributed by atoms with E-state index in [4.69, 9.17) is 10.5 Å². The summed E-state index contributed by atoms with van der Waals surface area (Å²) < 4.78 is 7.16. The Balaban J connectivity index is 2.14. The molecule has 0 fully saturated rings. The molecule has 0 spiro atoms. The zero-order chi connectivity index (χ0) is 22.6. The smallest absolute Gasteiger partial charge is 0.341 e. The zero-order valence-corrected chi connectivity index (χ0v) is 19.1. The van der Waals surface area contributed by atoms with Crippen molar-refractivity contribution in [3.63, 3.8) is 0 Å². The Kier molecular flexibility index (Phi) is 7.74. The van der Waals surface area contributed by atoms with Crippen molar-refractivity contribution in [1.82, 2.24) is 14.7 Å². The second-order valence-electron chi connectivity index (χ2n) is 7.37. The molecule has 0 aliphatic rings. The molecular weight excluding hydrogens is 406 g/mol. The van der Waals surface area contributed by atoms with Gasteiger partial charge >= 0.3 is 5.97 Å². The van der Waals surface area contributed by atoms with E-state index in [2.05, 4.69) is 10.4 Å². The van der Waals surface area contributed by atoms with E-state index >= 15 is 0 Å². The summed E-state index contributed by atoms with van der Waals surface area (Å²) in [6, 6.07) is 0. The normalized spacial score (nSPS) is 11.2. The molecule has 30 heavy (non-hydrogen) atoms. The average Bonchev–Trinajstić information content (AvgIpc) is 3.14. The van der Waals surface area contributed by atoms with Crippen molar-refractivity contribution in [2.24, 2.45) is 5.73 Å². The molecule has 0 aliphatic carbocycles. The average molecular weight is 436 g/mol. The number of primary amides is 1. The van der Waals surface area contributed by atoms with Gasteiger partial charge in [-0.15, -0.1) is 11.3 Å². The third-order valence-electron chi connectivity index (χ3n) is 4.53. The fourth-order valence-electron chi connectivity index (χ4n) is 3.07. The second-order valence-corrected chi connectivity index (χ2v) is 8.39. The van der Waals surface area contributed by atoms with Crippen molar-refractivity contribution in [3.8, 4) is 0 Å². The molecule has 0 saturated heterocycles. The number of anilines is 1. The van der Waals surface area contributed by atoms with Crippen LogP contribution in [0.2, 0.25) is 0 Å². The Hall–Kier alpha value is -2.72. The second kappa shape index (κ2) is 9.86. The Morgan fingerprint density at radius 2 is 2.00 bits per heavy atom. The van der Waals surface area contributed by atoms with Crippen molar-refractivity contribution in [1.29, 1.82) is 0 Å².